The molecule has 0 fully saturated rings. The van der Waals surface area contributed by atoms with E-state index < -0.39 is 6.10 Å². The summed E-state index contributed by atoms with van der Waals surface area (Å²) in [7, 11) is 0. The molecular formula is C18H20O2. The SMILES string of the molecule is C[C@H](O)c1ccc(OCc2ccc3c(c2)CCC3)cc1. The summed E-state index contributed by atoms with van der Waals surface area (Å²) in [5.74, 6) is 0.842. The molecule has 1 aliphatic carbocycles. The second-order valence-corrected chi connectivity index (χ2v) is 5.49. The van der Waals surface area contributed by atoms with E-state index in [1.807, 2.05) is 24.3 Å². The van der Waals surface area contributed by atoms with E-state index in [1.54, 1.807) is 6.92 Å². The van der Waals surface area contributed by atoms with Crippen molar-refractivity contribution in [1.82, 2.24) is 0 Å². The minimum absolute atomic E-state index is 0.430. The van der Waals surface area contributed by atoms with E-state index in [0.717, 1.165) is 11.3 Å². The minimum Gasteiger partial charge on any atom is -0.489 e. The Bertz CT molecular complexity index is 585. The van der Waals surface area contributed by atoms with Crippen molar-refractivity contribution in [3.63, 3.8) is 0 Å². The smallest absolute Gasteiger partial charge is 0.119 e. The number of hydrogen-bond acceptors (Lipinski definition) is 2. The third-order valence-electron chi connectivity index (χ3n) is 3.93. The molecule has 0 radical (unpaired) electrons. The number of aryl methyl sites for hydroxylation is 2. The molecule has 104 valence electrons. The van der Waals surface area contributed by atoms with E-state index in [0.29, 0.717) is 6.61 Å². The van der Waals surface area contributed by atoms with Crippen LogP contribution < -0.4 is 4.74 Å². The Morgan fingerprint density at radius 3 is 2.55 bits per heavy atom. The number of aliphatic hydroxyl groups excluding tert-OH is 1. The largest absolute Gasteiger partial charge is 0.489 e. The van der Waals surface area contributed by atoms with Gasteiger partial charge in [-0.15, -0.1) is 0 Å². The predicted octanol–water partition coefficient (Wildman–Crippen LogP) is 3.81. The molecular weight excluding hydrogens is 248 g/mol. The number of fused-ring (bicyclic) bond motifs is 1. The van der Waals surface area contributed by atoms with E-state index in [9.17, 15) is 5.11 Å². The molecule has 1 aliphatic rings. The fourth-order valence-electron chi connectivity index (χ4n) is 2.72. The van der Waals surface area contributed by atoms with Gasteiger partial charge in [0.2, 0.25) is 0 Å². The fourth-order valence-corrected chi connectivity index (χ4v) is 2.72. The maximum atomic E-state index is 9.47. The summed E-state index contributed by atoms with van der Waals surface area (Å²) in [5, 5.41) is 9.47. The van der Waals surface area contributed by atoms with Gasteiger partial charge in [0.25, 0.3) is 0 Å². The Hall–Kier alpha value is -1.80. The third kappa shape index (κ3) is 2.86. The molecule has 2 aromatic rings. The highest BCUT2D eigenvalue weighted by molar-refractivity contribution is 5.35. The standard InChI is InChI=1S/C18H20O2/c1-13(19)15-7-9-18(10-8-15)20-12-14-5-6-16-3-2-4-17(16)11-14/h5-11,13,19H,2-4,12H2,1H3/t13-/m0/s1. The third-order valence-corrected chi connectivity index (χ3v) is 3.93. The average Bonchev–Trinajstić information content (AvgIpc) is 2.93. The molecule has 0 amide bonds. The quantitative estimate of drug-likeness (QED) is 0.913. The maximum Gasteiger partial charge on any atom is 0.119 e. The second-order valence-electron chi connectivity index (χ2n) is 5.49. The van der Waals surface area contributed by atoms with Gasteiger partial charge in [0.05, 0.1) is 6.10 Å². The molecule has 0 spiro atoms. The van der Waals surface area contributed by atoms with Crippen LogP contribution in [0.25, 0.3) is 0 Å². The topological polar surface area (TPSA) is 29.5 Å². The van der Waals surface area contributed by atoms with Crippen molar-refractivity contribution in [3.05, 3.63) is 64.7 Å². The summed E-state index contributed by atoms with van der Waals surface area (Å²) in [5.41, 5.74) is 5.12. The Kier molecular flexibility index (Phi) is 3.75. The number of benzene rings is 2. The van der Waals surface area contributed by atoms with Crippen LogP contribution in [0.2, 0.25) is 0 Å². The fraction of sp³-hybridized carbons (Fsp3) is 0.333. The van der Waals surface area contributed by atoms with Gasteiger partial charge in [-0.2, -0.15) is 0 Å². The highest BCUT2D eigenvalue weighted by Crippen LogP contribution is 2.24. The van der Waals surface area contributed by atoms with Crippen molar-refractivity contribution in [2.24, 2.45) is 0 Å². The van der Waals surface area contributed by atoms with Crippen LogP contribution in [0.3, 0.4) is 0 Å². The molecule has 0 aromatic heterocycles. The van der Waals surface area contributed by atoms with Gasteiger partial charge in [0, 0.05) is 0 Å². The molecule has 0 saturated carbocycles. The summed E-state index contributed by atoms with van der Waals surface area (Å²) >= 11 is 0. The lowest BCUT2D eigenvalue weighted by Gasteiger charge is -2.09. The van der Waals surface area contributed by atoms with Crippen LogP contribution in [0.5, 0.6) is 5.75 Å². The van der Waals surface area contributed by atoms with Gasteiger partial charge in [-0.3, -0.25) is 0 Å². The lowest BCUT2D eigenvalue weighted by Crippen LogP contribution is -1.97. The van der Waals surface area contributed by atoms with Gasteiger partial charge in [-0.1, -0.05) is 30.3 Å². The van der Waals surface area contributed by atoms with Crippen LogP contribution in [0.15, 0.2) is 42.5 Å². The minimum atomic E-state index is -0.430. The molecule has 2 heteroatoms. The molecule has 0 unspecified atom stereocenters. The van der Waals surface area contributed by atoms with Crippen LogP contribution in [-0.4, -0.2) is 5.11 Å². The zero-order valence-electron chi connectivity index (χ0n) is 11.8. The monoisotopic (exact) mass is 268 g/mol. The van der Waals surface area contributed by atoms with Crippen molar-refractivity contribution in [2.75, 3.05) is 0 Å². The number of ether oxygens (including phenoxy) is 1. The van der Waals surface area contributed by atoms with Gasteiger partial charge in [0.15, 0.2) is 0 Å². The van der Waals surface area contributed by atoms with Gasteiger partial charge < -0.3 is 9.84 Å². The van der Waals surface area contributed by atoms with Gasteiger partial charge in [-0.25, -0.2) is 0 Å². The molecule has 2 nitrogen and oxygen atoms in total. The van der Waals surface area contributed by atoms with Crippen molar-refractivity contribution < 1.29 is 9.84 Å². The van der Waals surface area contributed by atoms with Crippen LogP contribution >= 0.6 is 0 Å². The molecule has 3 rings (SSSR count). The lowest BCUT2D eigenvalue weighted by molar-refractivity contribution is 0.199. The Labute approximate surface area is 120 Å². The van der Waals surface area contributed by atoms with E-state index in [4.69, 9.17) is 4.74 Å². The Balaban J connectivity index is 1.64. The van der Waals surface area contributed by atoms with Crippen LogP contribution in [0.1, 0.15) is 41.7 Å². The van der Waals surface area contributed by atoms with Crippen LogP contribution in [0, 0.1) is 0 Å². The average molecular weight is 268 g/mol. The summed E-state index contributed by atoms with van der Waals surface area (Å²) in [6, 6.07) is 14.3. The summed E-state index contributed by atoms with van der Waals surface area (Å²) in [6.07, 6.45) is 3.27. The second kappa shape index (κ2) is 5.68. The van der Waals surface area contributed by atoms with Gasteiger partial charge in [-0.05, 0) is 60.6 Å². The van der Waals surface area contributed by atoms with Crippen molar-refractivity contribution in [1.29, 1.82) is 0 Å². The molecule has 0 aliphatic heterocycles. The maximum absolute atomic E-state index is 9.47. The number of rotatable bonds is 4. The molecule has 2 aromatic carbocycles. The zero-order chi connectivity index (χ0) is 13.9. The van der Waals surface area contributed by atoms with Crippen LogP contribution in [-0.2, 0) is 19.4 Å². The summed E-state index contributed by atoms with van der Waals surface area (Å²) < 4.78 is 5.80. The van der Waals surface area contributed by atoms with Crippen molar-refractivity contribution in [3.8, 4) is 5.75 Å². The summed E-state index contributed by atoms with van der Waals surface area (Å²) in [6.45, 7) is 2.36. The van der Waals surface area contributed by atoms with Crippen molar-refractivity contribution >= 4 is 0 Å². The molecule has 0 bridgehead atoms. The van der Waals surface area contributed by atoms with E-state index in [1.165, 1.54) is 36.0 Å². The lowest BCUT2D eigenvalue weighted by atomic mass is 10.1. The number of aliphatic hydroxyl groups is 1. The normalized spacial score (nSPS) is 14.9. The van der Waals surface area contributed by atoms with Gasteiger partial charge >= 0.3 is 0 Å². The summed E-state index contributed by atoms with van der Waals surface area (Å²) in [4.78, 5) is 0. The first-order valence-corrected chi connectivity index (χ1v) is 7.24. The zero-order valence-corrected chi connectivity index (χ0v) is 11.8. The molecule has 0 saturated heterocycles. The van der Waals surface area contributed by atoms with E-state index >= 15 is 0 Å². The van der Waals surface area contributed by atoms with Gasteiger partial charge in [0.1, 0.15) is 12.4 Å². The van der Waals surface area contributed by atoms with E-state index in [2.05, 4.69) is 18.2 Å². The molecule has 20 heavy (non-hydrogen) atoms. The predicted molar refractivity (Wildman–Crippen MR) is 79.9 cm³/mol. The highest BCUT2D eigenvalue weighted by atomic mass is 16.5. The molecule has 1 atom stereocenters. The molecule has 1 N–H and O–H groups in total. The van der Waals surface area contributed by atoms with E-state index in [-0.39, 0.29) is 0 Å². The highest BCUT2D eigenvalue weighted by Gasteiger charge is 2.10. The van der Waals surface area contributed by atoms with Crippen LogP contribution in [0.4, 0.5) is 0 Å². The first-order chi connectivity index (χ1) is 9.72. The number of hydrogen-bond donors (Lipinski definition) is 1. The Morgan fingerprint density at radius 2 is 1.80 bits per heavy atom. The van der Waals surface area contributed by atoms with Crippen molar-refractivity contribution in [2.45, 2.75) is 38.9 Å². The first kappa shape index (κ1) is 13.2. The molecule has 0 heterocycles. The Morgan fingerprint density at radius 1 is 1.05 bits per heavy atom. The first-order valence-electron chi connectivity index (χ1n) is 7.24.